The predicted octanol–water partition coefficient (Wildman–Crippen LogP) is 4.45. The maximum atomic E-state index is 12.4. The second-order valence-electron chi connectivity index (χ2n) is 7.32. The molecule has 7 nitrogen and oxygen atoms in total. The average Bonchev–Trinajstić information content (AvgIpc) is 3.19. The van der Waals surface area contributed by atoms with Gasteiger partial charge in [0.15, 0.2) is 10.8 Å². The van der Waals surface area contributed by atoms with Gasteiger partial charge in [0.25, 0.3) is 0 Å². The van der Waals surface area contributed by atoms with Crippen molar-refractivity contribution in [3.63, 3.8) is 0 Å². The minimum atomic E-state index is -0.0782. The van der Waals surface area contributed by atoms with E-state index < -0.39 is 0 Å². The number of benzene rings is 1. The number of anilines is 2. The fraction of sp³-hybridized carbons (Fsp3) is 0.429. The molecule has 1 amide bonds. The molecule has 1 aliphatic heterocycles. The number of rotatable bonds is 7. The van der Waals surface area contributed by atoms with Crippen LogP contribution in [-0.2, 0) is 4.79 Å². The smallest absolute Gasteiger partial charge is 0.234 e. The first-order valence-electron chi connectivity index (χ1n) is 10.1. The molecular formula is C21H25N5O2S2. The number of carbonyl (C=O) groups excluding carboxylic acids is 1. The molecule has 30 heavy (non-hydrogen) atoms. The molecule has 3 heterocycles. The van der Waals surface area contributed by atoms with Gasteiger partial charge in [-0.2, -0.15) is 4.98 Å². The monoisotopic (exact) mass is 443 g/mol. The maximum absolute atomic E-state index is 12.4. The summed E-state index contributed by atoms with van der Waals surface area (Å²) < 4.78 is 6.37. The fourth-order valence-electron chi connectivity index (χ4n) is 3.46. The summed E-state index contributed by atoms with van der Waals surface area (Å²) in [5.74, 6) is 1.66. The van der Waals surface area contributed by atoms with Gasteiger partial charge < -0.3 is 15.0 Å². The van der Waals surface area contributed by atoms with Crippen molar-refractivity contribution in [2.24, 2.45) is 5.92 Å². The van der Waals surface area contributed by atoms with Crippen molar-refractivity contribution in [1.82, 2.24) is 15.0 Å². The Hall–Kier alpha value is -2.39. The van der Waals surface area contributed by atoms with Gasteiger partial charge in [-0.1, -0.05) is 30.0 Å². The molecule has 1 N–H and O–H groups in total. The van der Waals surface area contributed by atoms with Gasteiger partial charge >= 0.3 is 0 Å². The van der Waals surface area contributed by atoms with Crippen LogP contribution >= 0.6 is 23.1 Å². The summed E-state index contributed by atoms with van der Waals surface area (Å²) >= 11 is 3.03. The Morgan fingerprint density at radius 2 is 2.17 bits per heavy atom. The van der Waals surface area contributed by atoms with Crippen molar-refractivity contribution in [2.75, 3.05) is 35.7 Å². The van der Waals surface area contributed by atoms with Crippen LogP contribution in [0.15, 0.2) is 35.6 Å². The number of ether oxygens (including phenoxy) is 1. The summed E-state index contributed by atoms with van der Waals surface area (Å²) in [6.45, 7) is 6.90. The lowest BCUT2D eigenvalue weighted by Gasteiger charge is -2.30. The molecule has 1 saturated heterocycles. The topological polar surface area (TPSA) is 80.2 Å². The number of nitrogens with one attached hydrogen (secondary N) is 1. The van der Waals surface area contributed by atoms with Gasteiger partial charge in [-0.05, 0) is 49.9 Å². The maximum Gasteiger partial charge on any atom is 0.234 e. The Labute approximate surface area is 184 Å². The highest BCUT2D eigenvalue weighted by Crippen LogP contribution is 2.35. The van der Waals surface area contributed by atoms with Crippen LogP contribution in [0, 0.1) is 5.92 Å². The van der Waals surface area contributed by atoms with Gasteiger partial charge in [0, 0.05) is 18.8 Å². The molecule has 1 aliphatic rings. The van der Waals surface area contributed by atoms with E-state index in [0.29, 0.717) is 18.2 Å². The van der Waals surface area contributed by atoms with Crippen molar-refractivity contribution in [3.05, 3.63) is 30.6 Å². The molecule has 9 heteroatoms. The molecule has 4 rings (SSSR count). The zero-order valence-corrected chi connectivity index (χ0v) is 18.8. The summed E-state index contributed by atoms with van der Waals surface area (Å²) in [5, 5.41) is 4.71. The highest BCUT2D eigenvalue weighted by molar-refractivity contribution is 8.00. The number of hydrogen-bond acceptors (Lipinski definition) is 8. The van der Waals surface area contributed by atoms with Crippen LogP contribution in [0.25, 0.3) is 10.3 Å². The minimum Gasteiger partial charge on any atom is -0.494 e. The normalized spacial score (nSPS) is 16.6. The Kier molecular flexibility index (Phi) is 6.69. The third-order valence-corrected chi connectivity index (χ3v) is 7.09. The number of piperidine rings is 1. The van der Waals surface area contributed by atoms with E-state index in [-0.39, 0.29) is 11.7 Å². The molecule has 0 radical (unpaired) electrons. The van der Waals surface area contributed by atoms with Crippen LogP contribution in [-0.4, -0.2) is 46.3 Å². The third-order valence-electron chi connectivity index (χ3n) is 4.86. The Balaban J connectivity index is 1.40. The van der Waals surface area contributed by atoms with Gasteiger partial charge in [0.05, 0.1) is 12.4 Å². The largest absolute Gasteiger partial charge is 0.494 e. The number of nitrogens with zero attached hydrogens (tertiary/aromatic N) is 4. The number of thioether (sulfide) groups is 1. The average molecular weight is 444 g/mol. The number of fused-ring (bicyclic) bond motifs is 1. The van der Waals surface area contributed by atoms with Crippen molar-refractivity contribution in [1.29, 1.82) is 0 Å². The molecule has 0 saturated carbocycles. The molecule has 0 unspecified atom stereocenters. The lowest BCUT2D eigenvalue weighted by Crippen LogP contribution is -2.34. The minimum absolute atomic E-state index is 0.0782. The predicted molar refractivity (Wildman–Crippen MR) is 123 cm³/mol. The van der Waals surface area contributed by atoms with Gasteiger partial charge in [-0.3, -0.25) is 4.79 Å². The molecule has 1 aromatic carbocycles. The highest BCUT2D eigenvalue weighted by Gasteiger charge is 2.21. The van der Waals surface area contributed by atoms with Gasteiger partial charge in [-0.15, -0.1) is 0 Å². The first-order valence-corrected chi connectivity index (χ1v) is 11.9. The molecule has 1 atom stereocenters. The number of carbonyl (C=O) groups is 1. The molecule has 0 spiro atoms. The van der Waals surface area contributed by atoms with Crippen LogP contribution < -0.4 is 15.0 Å². The third kappa shape index (κ3) is 5.02. The van der Waals surface area contributed by atoms with E-state index in [1.54, 1.807) is 11.3 Å². The lowest BCUT2D eigenvalue weighted by molar-refractivity contribution is -0.113. The Morgan fingerprint density at radius 3 is 2.93 bits per heavy atom. The molecule has 0 bridgehead atoms. The molecule has 158 valence electrons. The zero-order valence-electron chi connectivity index (χ0n) is 17.1. The summed E-state index contributed by atoms with van der Waals surface area (Å²) in [6, 6.07) is 7.37. The molecular weight excluding hydrogens is 418 g/mol. The van der Waals surface area contributed by atoms with Crippen LogP contribution in [0.4, 0.5) is 10.8 Å². The summed E-state index contributed by atoms with van der Waals surface area (Å²) in [5.41, 5.74) is 1.45. The van der Waals surface area contributed by atoms with Gasteiger partial charge in [0.1, 0.15) is 21.8 Å². The van der Waals surface area contributed by atoms with E-state index in [1.165, 1.54) is 30.9 Å². The Bertz CT molecular complexity index is 1010. The van der Waals surface area contributed by atoms with Crippen LogP contribution in [0.2, 0.25) is 0 Å². The van der Waals surface area contributed by atoms with E-state index in [1.807, 2.05) is 31.2 Å². The van der Waals surface area contributed by atoms with Crippen LogP contribution in [0.5, 0.6) is 5.75 Å². The molecule has 3 aromatic rings. The van der Waals surface area contributed by atoms with Crippen molar-refractivity contribution in [3.8, 4) is 5.75 Å². The van der Waals surface area contributed by atoms with E-state index in [2.05, 4.69) is 27.1 Å². The van der Waals surface area contributed by atoms with E-state index in [9.17, 15) is 4.79 Å². The van der Waals surface area contributed by atoms with Crippen LogP contribution in [0.1, 0.15) is 26.7 Å². The number of hydrogen-bond donors (Lipinski definition) is 1. The zero-order chi connectivity index (χ0) is 20.9. The van der Waals surface area contributed by atoms with Crippen molar-refractivity contribution in [2.45, 2.75) is 31.7 Å². The van der Waals surface area contributed by atoms with Gasteiger partial charge in [0.2, 0.25) is 5.91 Å². The van der Waals surface area contributed by atoms with Crippen molar-refractivity contribution >= 4 is 50.2 Å². The summed E-state index contributed by atoms with van der Waals surface area (Å²) in [4.78, 5) is 28.2. The first kappa shape index (κ1) is 20.9. The Morgan fingerprint density at radius 1 is 1.33 bits per heavy atom. The fourth-order valence-corrected chi connectivity index (χ4v) is 5.38. The number of amides is 1. The van der Waals surface area contributed by atoms with Crippen molar-refractivity contribution < 1.29 is 9.53 Å². The first-order chi connectivity index (χ1) is 14.6. The second kappa shape index (κ2) is 9.61. The number of aromatic nitrogens is 3. The second-order valence-corrected chi connectivity index (χ2v) is 9.26. The van der Waals surface area contributed by atoms with Gasteiger partial charge in [-0.25, -0.2) is 9.97 Å². The van der Waals surface area contributed by atoms with E-state index in [0.717, 1.165) is 39.4 Å². The number of thiazole rings is 1. The lowest BCUT2D eigenvalue weighted by atomic mass is 10.0. The summed E-state index contributed by atoms with van der Waals surface area (Å²) in [7, 11) is 0. The molecule has 1 fully saturated rings. The van der Waals surface area contributed by atoms with E-state index >= 15 is 0 Å². The standard InChI is InChI=1S/C21H25N5O2S2/c1-3-28-16-8-6-15(7-9-16)24-17(27)12-29-20-18-19(22-13-23-20)25-21(30-18)26-10-4-5-14(2)11-26/h6-9,13-14H,3-5,10-12H2,1-2H3,(H,24,27)/t14-/m0/s1. The van der Waals surface area contributed by atoms with Crippen LogP contribution in [0.3, 0.4) is 0 Å². The highest BCUT2D eigenvalue weighted by atomic mass is 32.2. The quantitative estimate of drug-likeness (QED) is 0.427. The van der Waals surface area contributed by atoms with E-state index in [4.69, 9.17) is 9.72 Å². The molecule has 2 aromatic heterocycles. The molecule has 0 aliphatic carbocycles. The SMILES string of the molecule is CCOc1ccc(NC(=O)CSc2ncnc3nc(N4CCC[C@H](C)C4)sc23)cc1. The summed E-state index contributed by atoms with van der Waals surface area (Å²) in [6.07, 6.45) is 3.99.